The lowest BCUT2D eigenvalue weighted by Crippen LogP contribution is -2.39. The van der Waals surface area contributed by atoms with E-state index in [2.05, 4.69) is 10.3 Å². The van der Waals surface area contributed by atoms with Crippen LogP contribution in [0.1, 0.15) is 31.2 Å². The highest BCUT2D eigenvalue weighted by molar-refractivity contribution is 5.92. The Balaban J connectivity index is 1.58. The number of anilines is 1. The molecule has 0 spiro atoms. The smallest absolute Gasteiger partial charge is 0.392 e. The van der Waals surface area contributed by atoms with Gasteiger partial charge >= 0.3 is 6.18 Å². The van der Waals surface area contributed by atoms with Crippen molar-refractivity contribution in [1.82, 2.24) is 4.98 Å². The van der Waals surface area contributed by atoms with Crippen molar-refractivity contribution in [3.05, 3.63) is 54.2 Å². The van der Waals surface area contributed by atoms with Gasteiger partial charge in [-0.2, -0.15) is 13.2 Å². The first-order valence-corrected chi connectivity index (χ1v) is 8.94. The quantitative estimate of drug-likeness (QED) is 0.799. The van der Waals surface area contributed by atoms with E-state index < -0.39 is 23.9 Å². The van der Waals surface area contributed by atoms with Gasteiger partial charge in [0, 0.05) is 12.0 Å². The van der Waals surface area contributed by atoms with E-state index in [-0.39, 0.29) is 12.8 Å². The zero-order valence-electron chi connectivity index (χ0n) is 14.7. The fraction of sp³-hybridized carbons (Fsp3) is 0.400. The van der Waals surface area contributed by atoms with Gasteiger partial charge in [0.1, 0.15) is 6.61 Å². The largest absolute Gasteiger partial charge is 0.473 e. The van der Waals surface area contributed by atoms with Gasteiger partial charge in [0.15, 0.2) is 0 Å². The molecule has 1 aromatic carbocycles. The molecule has 27 heavy (non-hydrogen) atoms. The van der Waals surface area contributed by atoms with Crippen LogP contribution in [-0.4, -0.2) is 17.1 Å². The average Bonchev–Trinajstić information content (AvgIpc) is 2.67. The average molecular weight is 378 g/mol. The van der Waals surface area contributed by atoms with Gasteiger partial charge in [0.2, 0.25) is 11.8 Å². The van der Waals surface area contributed by atoms with Crippen LogP contribution in [0.5, 0.6) is 5.88 Å². The van der Waals surface area contributed by atoms with Gasteiger partial charge < -0.3 is 10.1 Å². The Labute approximate surface area is 155 Å². The van der Waals surface area contributed by atoms with Gasteiger partial charge in [0.25, 0.3) is 0 Å². The van der Waals surface area contributed by atoms with E-state index in [1.54, 1.807) is 12.1 Å². The highest BCUT2D eigenvalue weighted by atomic mass is 19.4. The van der Waals surface area contributed by atoms with E-state index in [4.69, 9.17) is 4.74 Å². The van der Waals surface area contributed by atoms with Crippen molar-refractivity contribution in [2.24, 2.45) is 11.8 Å². The second-order valence-corrected chi connectivity index (χ2v) is 6.69. The molecule has 0 saturated heterocycles. The van der Waals surface area contributed by atoms with E-state index in [0.717, 1.165) is 5.56 Å². The second kappa shape index (κ2) is 8.41. The van der Waals surface area contributed by atoms with Crippen LogP contribution in [0.4, 0.5) is 18.9 Å². The zero-order chi connectivity index (χ0) is 19.3. The van der Waals surface area contributed by atoms with Crippen LogP contribution >= 0.6 is 0 Å². The molecule has 1 aliphatic carbocycles. The minimum atomic E-state index is -4.35. The number of carbonyl (C=O) groups excluding carboxylic acids is 1. The second-order valence-electron chi connectivity index (χ2n) is 6.69. The first-order valence-electron chi connectivity index (χ1n) is 8.94. The molecule has 1 N–H and O–H groups in total. The Hall–Kier alpha value is -2.57. The van der Waals surface area contributed by atoms with Crippen molar-refractivity contribution >= 4 is 11.6 Å². The minimum Gasteiger partial charge on any atom is -0.473 e. The summed E-state index contributed by atoms with van der Waals surface area (Å²) in [6.07, 6.45) is -1.56. The molecule has 0 bridgehead atoms. The molecule has 2 atom stereocenters. The SMILES string of the molecule is O=C(Nc1ccc(OCc2ccccc2)nc1)C1CCCCC1C(F)(F)F. The third-order valence-electron chi connectivity index (χ3n) is 4.76. The third-order valence-corrected chi connectivity index (χ3v) is 4.76. The number of hydrogen-bond donors (Lipinski definition) is 1. The van der Waals surface area contributed by atoms with Gasteiger partial charge in [-0.05, 0) is 24.5 Å². The lowest BCUT2D eigenvalue weighted by molar-refractivity contribution is -0.197. The summed E-state index contributed by atoms with van der Waals surface area (Å²) in [5.74, 6) is -2.85. The lowest BCUT2D eigenvalue weighted by Gasteiger charge is -2.31. The number of halogens is 3. The molecule has 7 heteroatoms. The maximum absolute atomic E-state index is 13.2. The number of nitrogens with one attached hydrogen (secondary N) is 1. The van der Waals surface area contributed by atoms with Crippen LogP contribution in [0, 0.1) is 11.8 Å². The van der Waals surface area contributed by atoms with Crippen molar-refractivity contribution in [2.45, 2.75) is 38.5 Å². The normalized spacial score (nSPS) is 20.1. The van der Waals surface area contributed by atoms with E-state index in [9.17, 15) is 18.0 Å². The molecule has 1 saturated carbocycles. The predicted octanol–water partition coefficient (Wildman–Crippen LogP) is 4.97. The Morgan fingerprint density at radius 1 is 1.11 bits per heavy atom. The number of benzene rings is 1. The monoisotopic (exact) mass is 378 g/mol. The topological polar surface area (TPSA) is 51.2 Å². The summed E-state index contributed by atoms with van der Waals surface area (Å²) < 4.78 is 45.0. The van der Waals surface area contributed by atoms with Crippen molar-refractivity contribution in [2.75, 3.05) is 5.32 Å². The molecule has 2 aromatic rings. The molecule has 144 valence electrons. The number of carbonyl (C=O) groups is 1. The molecule has 1 heterocycles. The number of aromatic nitrogens is 1. The molecular weight excluding hydrogens is 357 g/mol. The van der Waals surface area contributed by atoms with Crippen LogP contribution in [-0.2, 0) is 11.4 Å². The van der Waals surface area contributed by atoms with Gasteiger partial charge in [-0.25, -0.2) is 4.98 Å². The lowest BCUT2D eigenvalue weighted by atomic mass is 9.78. The van der Waals surface area contributed by atoms with Gasteiger partial charge in [-0.3, -0.25) is 4.79 Å². The molecule has 3 rings (SSSR count). The van der Waals surface area contributed by atoms with Crippen molar-refractivity contribution < 1.29 is 22.7 Å². The highest BCUT2D eigenvalue weighted by Crippen LogP contribution is 2.41. The maximum Gasteiger partial charge on any atom is 0.392 e. The van der Waals surface area contributed by atoms with Crippen molar-refractivity contribution in [3.63, 3.8) is 0 Å². The predicted molar refractivity (Wildman–Crippen MR) is 95.1 cm³/mol. The Morgan fingerprint density at radius 2 is 1.85 bits per heavy atom. The molecule has 0 aliphatic heterocycles. The van der Waals surface area contributed by atoms with Crippen LogP contribution in [0.25, 0.3) is 0 Å². The van der Waals surface area contributed by atoms with Crippen LogP contribution in [0.3, 0.4) is 0 Å². The number of rotatable bonds is 5. The van der Waals surface area contributed by atoms with E-state index in [0.29, 0.717) is 31.0 Å². The number of amides is 1. The van der Waals surface area contributed by atoms with Crippen LogP contribution < -0.4 is 10.1 Å². The van der Waals surface area contributed by atoms with E-state index in [1.165, 1.54) is 6.20 Å². The van der Waals surface area contributed by atoms with Crippen molar-refractivity contribution in [3.8, 4) is 5.88 Å². The highest BCUT2D eigenvalue weighted by Gasteiger charge is 2.48. The summed E-state index contributed by atoms with van der Waals surface area (Å²) in [6.45, 7) is 0.356. The summed E-state index contributed by atoms with van der Waals surface area (Å²) in [6, 6.07) is 12.7. The fourth-order valence-electron chi connectivity index (χ4n) is 3.34. The number of nitrogens with zero attached hydrogens (tertiary/aromatic N) is 1. The van der Waals surface area contributed by atoms with Crippen LogP contribution in [0.15, 0.2) is 48.7 Å². The summed E-state index contributed by atoms with van der Waals surface area (Å²) in [4.78, 5) is 16.5. The standard InChI is InChI=1S/C20H21F3N2O2/c21-20(22,23)17-9-5-4-8-16(17)19(26)25-15-10-11-18(24-12-15)27-13-14-6-2-1-3-7-14/h1-3,6-7,10-12,16-17H,4-5,8-9,13H2,(H,25,26). The molecular formula is C20H21F3N2O2. The number of pyridine rings is 1. The zero-order valence-corrected chi connectivity index (χ0v) is 14.7. The summed E-state index contributed by atoms with van der Waals surface area (Å²) in [7, 11) is 0. The molecule has 1 aliphatic rings. The molecule has 4 nitrogen and oxygen atoms in total. The molecule has 1 fully saturated rings. The molecule has 2 unspecified atom stereocenters. The number of alkyl halides is 3. The molecule has 1 aromatic heterocycles. The van der Waals surface area contributed by atoms with Crippen LogP contribution in [0.2, 0.25) is 0 Å². The van der Waals surface area contributed by atoms with Gasteiger partial charge in [-0.1, -0.05) is 43.2 Å². The summed E-state index contributed by atoms with van der Waals surface area (Å²) in [5, 5.41) is 2.56. The van der Waals surface area contributed by atoms with E-state index in [1.807, 2.05) is 30.3 Å². The first-order chi connectivity index (χ1) is 12.9. The maximum atomic E-state index is 13.2. The Morgan fingerprint density at radius 3 is 2.52 bits per heavy atom. The fourth-order valence-corrected chi connectivity index (χ4v) is 3.34. The third kappa shape index (κ3) is 5.21. The Kier molecular flexibility index (Phi) is 5.98. The van der Waals surface area contributed by atoms with Crippen molar-refractivity contribution in [1.29, 1.82) is 0 Å². The van der Waals surface area contributed by atoms with Gasteiger partial charge in [-0.15, -0.1) is 0 Å². The minimum absolute atomic E-state index is 0.00605. The Bertz CT molecular complexity index is 748. The summed E-state index contributed by atoms with van der Waals surface area (Å²) >= 11 is 0. The number of hydrogen-bond acceptors (Lipinski definition) is 3. The van der Waals surface area contributed by atoms with Gasteiger partial charge in [0.05, 0.1) is 17.8 Å². The number of ether oxygens (including phenoxy) is 1. The summed E-state index contributed by atoms with van der Waals surface area (Å²) in [5.41, 5.74) is 1.35. The molecule has 1 amide bonds. The molecule has 0 radical (unpaired) electrons. The first kappa shape index (κ1) is 19.2. The van der Waals surface area contributed by atoms with E-state index >= 15 is 0 Å².